The van der Waals surface area contributed by atoms with E-state index in [4.69, 9.17) is 23.8 Å². The topological polar surface area (TPSA) is 65.0 Å². The van der Waals surface area contributed by atoms with Gasteiger partial charge in [0.25, 0.3) is 0 Å². The van der Waals surface area contributed by atoms with E-state index in [0.717, 1.165) is 105 Å². The van der Waals surface area contributed by atoms with Crippen LogP contribution in [0.25, 0.3) is 123 Å². The van der Waals surface area contributed by atoms with Crippen molar-refractivity contribution in [1.82, 2.24) is 15.0 Å². The molecule has 0 saturated carbocycles. The normalized spacial score (nSPS) is 11.5. The van der Waals surface area contributed by atoms with Crippen molar-refractivity contribution in [1.29, 1.82) is 0 Å². The summed E-state index contributed by atoms with van der Waals surface area (Å²) in [7, 11) is 0. The molecule has 0 bridgehead atoms. The van der Waals surface area contributed by atoms with Crippen molar-refractivity contribution in [2.75, 3.05) is 0 Å². The minimum Gasteiger partial charge on any atom is -0.456 e. The predicted octanol–water partition coefficient (Wildman–Crippen LogP) is 15.3. The van der Waals surface area contributed by atoms with E-state index in [-0.39, 0.29) is 0 Å². The lowest BCUT2D eigenvalue weighted by Gasteiger charge is -2.12. The molecule has 3 heterocycles. The quantitative estimate of drug-likeness (QED) is 0.161. The molecule has 12 rings (SSSR count). The Kier molecular flexibility index (Phi) is 8.42. The molecule has 0 aliphatic rings. The molecule has 0 unspecified atom stereocenters. The second kappa shape index (κ2) is 14.7. The average molecular weight is 794 g/mol. The first kappa shape index (κ1) is 35.5. The molecule has 0 radical (unpaired) electrons. The van der Waals surface area contributed by atoms with Crippen molar-refractivity contribution < 1.29 is 8.83 Å². The van der Waals surface area contributed by atoms with E-state index in [1.165, 1.54) is 0 Å². The SMILES string of the molecule is c1ccc(-c2ccc(-c3nc(-c4cccc(-c5ccccc5)c4)nc(-c4ccc5c(c4)oc4cccc(-c6ccccc6-c6cccc7c6oc6ccccc67)c45)n3)cc2)cc1. The van der Waals surface area contributed by atoms with Crippen LogP contribution in [0.1, 0.15) is 0 Å². The Labute approximate surface area is 357 Å². The van der Waals surface area contributed by atoms with Gasteiger partial charge in [-0.3, -0.25) is 0 Å². The van der Waals surface area contributed by atoms with Gasteiger partial charge in [-0.2, -0.15) is 0 Å². The Morgan fingerprint density at radius 2 is 0.742 bits per heavy atom. The van der Waals surface area contributed by atoms with Crippen LogP contribution in [0.5, 0.6) is 0 Å². The van der Waals surface area contributed by atoms with Crippen molar-refractivity contribution >= 4 is 43.9 Å². The number of hydrogen-bond donors (Lipinski definition) is 0. The first-order valence-corrected chi connectivity index (χ1v) is 20.8. The molecule has 12 aromatic rings. The van der Waals surface area contributed by atoms with Crippen LogP contribution in [-0.2, 0) is 0 Å². The van der Waals surface area contributed by atoms with Gasteiger partial charge in [0.15, 0.2) is 17.5 Å². The fraction of sp³-hybridized carbons (Fsp3) is 0. The Morgan fingerprint density at radius 3 is 1.52 bits per heavy atom. The Morgan fingerprint density at radius 1 is 0.258 bits per heavy atom. The summed E-state index contributed by atoms with van der Waals surface area (Å²) in [6.45, 7) is 0. The number of aromatic nitrogens is 3. The molecular weight excluding hydrogens is 759 g/mol. The Hall–Kier alpha value is -8.41. The number of furan rings is 2. The number of hydrogen-bond acceptors (Lipinski definition) is 5. The number of rotatable bonds is 7. The zero-order valence-corrected chi connectivity index (χ0v) is 33.4. The van der Waals surface area contributed by atoms with Gasteiger partial charge in [0.1, 0.15) is 22.3 Å². The van der Waals surface area contributed by atoms with Crippen LogP contribution in [0.3, 0.4) is 0 Å². The summed E-state index contributed by atoms with van der Waals surface area (Å²) < 4.78 is 13.2. The second-order valence-corrected chi connectivity index (χ2v) is 15.5. The lowest BCUT2D eigenvalue weighted by atomic mass is 9.91. The highest BCUT2D eigenvalue weighted by molar-refractivity contribution is 6.16. The summed E-state index contributed by atoms with van der Waals surface area (Å²) >= 11 is 0. The highest BCUT2D eigenvalue weighted by Gasteiger charge is 2.20. The summed E-state index contributed by atoms with van der Waals surface area (Å²) in [6.07, 6.45) is 0. The first-order valence-electron chi connectivity index (χ1n) is 20.8. The van der Waals surface area contributed by atoms with Crippen molar-refractivity contribution in [3.8, 4) is 78.7 Å². The van der Waals surface area contributed by atoms with Crippen LogP contribution in [0.4, 0.5) is 0 Å². The van der Waals surface area contributed by atoms with E-state index in [0.29, 0.717) is 17.5 Å². The van der Waals surface area contributed by atoms with E-state index in [1.54, 1.807) is 0 Å². The molecule has 9 aromatic carbocycles. The van der Waals surface area contributed by atoms with Crippen molar-refractivity contribution in [3.63, 3.8) is 0 Å². The molecule has 0 N–H and O–H groups in total. The zero-order chi connectivity index (χ0) is 41.0. The molecule has 0 aliphatic carbocycles. The van der Waals surface area contributed by atoms with Crippen LogP contribution in [0.2, 0.25) is 0 Å². The number of nitrogens with zero attached hydrogens (tertiary/aromatic N) is 3. The fourth-order valence-corrected chi connectivity index (χ4v) is 8.78. The number of para-hydroxylation sites is 2. The average Bonchev–Trinajstić information content (AvgIpc) is 3.93. The van der Waals surface area contributed by atoms with Crippen molar-refractivity contribution in [2.45, 2.75) is 0 Å². The van der Waals surface area contributed by atoms with Gasteiger partial charge in [-0.15, -0.1) is 0 Å². The van der Waals surface area contributed by atoms with Gasteiger partial charge >= 0.3 is 0 Å². The number of fused-ring (bicyclic) bond motifs is 6. The monoisotopic (exact) mass is 793 g/mol. The third-order valence-corrected chi connectivity index (χ3v) is 11.8. The van der Waals surface area contributed by atoms with Crippen LogP contribution >= 0.6 is 0 Å². The van der Waals surface area contributed by atoms with Gasteiger partial charge in [-0.05, 0) is 69.3 Å². The van der Waals surface area contributed by atoms with Gasteiger partial charge in [-0.1, -0.05) is 182 Å². The highest BCUT2D eigenvalue weighted by atomic mass is 16.3. The third kappa shape index (κ3) is 6.14. The minimum atomic E-state index is 0.564. The predicted molar refractivity (Wildman–Crippen MR) is 252 cm³/mol. The summed E-state index contributed by atoms with van der Waals surface area (Å²) in [5, 5.41) is 4.27. The molecule has 62 heavy (non-hydrogen) atoms. The smallest absolute Gasteiger partial charge is 0.164 e. The zero-order valence-electron chi connectivity index (χ0n) is 33.4. The molecule has 0 saturated heterocycles. The van der Waals surface area contributed by atoms with Crippen molar-refractivity contribution in [3.05, 3.63) is 212 Å². The van der Waals surface area contributed by atoms with Gasteiger partial charge in [0.05, 0.1) is 0 Å². The fourth-order valence-electron chi connectivity index (χ4n) is 8.78. The van der Waals surface area contributed by atoms with Gasteiger partial charge < -0.3 is 8.83 Å². The summed E-state index contributed by atoms with van der Waals surface area (Å²) in [6, 6.07) is 73.3. The van der Waals surface area contributed by atoms with E-state index < -0.39 is 0 Å². The van der Waals surface area contributed by atoms with Crippen LogP contribution < -0.4 is 0 Å². The highest BCUT2D eigenvalue weighted by Crippen LogP contribution is 2.44. The molecule has 0 atom stereocenters. The summed E-state index contributed by atoms with van der Waals surface area (Å²) in [4.78, 5) is 15.4. The van der Waals surface area contributed by atoms with Gasteiger partial charge in [-0.25, -0.2) is 15.0 Å². The molecule has 0 spiro atoms. The molecule has 290 valence electrons. The lowest BCUT2D eigenvalue weighted by molar-refractivity contribution is 0.669. The Balaban J connectivity index is 0.989. The molecule has 0 fully saturated rings. The van der Waals surface area contributed by atoms with Crippen LogP contribution in [-0.4, -0.2) is 15.0 Å². The molecule has 0 amide bonds. The maximum atomic E-state index is 6.69. The standard InChI is InChI=1S/C57H35N3O2/c1-3-14-36(15-4-1)38-28-30-39(31-29-38)55-58-56(41-19-11-18-40(34-41)37-16-5-2-6-17-37)60-57(59-55)42-32-33-49-52(35-42)61-51-27-13-23-46(53(49)51)43-20-7-8-21-44(43)47-24-12-25-48-45-22-9-10-26-50(45)62-54(47)48/h1-35H. The van der Waals surface area contributed by atoms with E-state index >= 15 is 0 Å². The molecule has 3 aromatic heterocycles. The van der Waals surface area contributed by atoms with E-state index in [9.17, 15) is 0 Å². The van der Waals surface area contributed by atoms with E-state index in [1.807, 2.05) is 30.3 Å². The lowest BCUT2D eigenvalue weighted by Crippen LogP contribution is -2.00. The molecular formula is C57H35N3O2. The van der Waals surface area contributed by atoms with E-state index in [2.05, 4.69) is 182 Å². The largest absolute Gasteiger partial charge is 0.456 e. The maximum absolute atomic E-state index is 6.69. The van der Waals surface area contributed by atoms with Gasteiger partial charge in [0.2, 0.25) is 0 Å². The second-order valence-electron chi connectivity index (χ2n) is 15.5. The Bertz CT molecular complexity index is 3630. The molecule has 0 aliphatic heterocycles. The third-order valence-electron chi connectivity index (χ3n) is 11.8. The minimum absolute atomic E-state index is 0.564. The summed E-state index contributed by atoms with van der Waals surface area (Å²) in [5.74, 6) is 1.75. The van der Waals surface area contributed by atoms with Crippen LogP contribution in [0.15, 0.2) is 221 Å². The maximum Gasteiger partial charge on any atom is 0.164 e. The first-order chi connectivity index (χ1) is 30.7. The number of benzene rings is 9. The molecule has 5 nitrogen and oxygen atoms in total. The van der Waals surface area contributed by atoms with Crippen molar-refractivity contribution in [2.24, 2.45) is 0 Å². The van der Waals surface area contributed by atoms with Gasteiger partial charge in [0, 0.05) is 43.8 Å². The van der Waals surface area contributed by atoms with Crippen LogP contribution in [0, 0.1) is 0 Å². The molecule has 5 heteroatoms. The summed E-state index contributed by atoms with van der Waals surface area (Å²) in [5.41, 5.74) is 14.8.